The fraction of sp³-hybridized carbons (Fsp3) is 0. The Balaban J connectivity index is 1.06. The molecule has 11 aromatic carbocycles. The van der Waals surface area contributed by atoms with Crippen molar-refractivity contribution in [3.8, 4) is 44.5 Å². The van der Waals surface area contributed by atoms with Crippen molar-refractivity contribution >= 4 is 139 Å². The Kier molecular flexibility index (Phi) is 7.26. The van der Waals surface area contributed by atoms with Crippen LogP contribution in [0.15, 0.2) is 218 Å². The summed E-state index contributed by atoms with van der Waals surface area (Å²) >= 11 is 3.80. The van der Waals surface area contributed by atoms with E-state index in [-0.39, 0.29) is 0 Å². The summed E-state index contributed by atoms with van der Waals surface area (Å²) in [4.78, 5) is 0. The third-order valence-corrected chi connectivity index (χ3v) is 17.8. The number of fused-ring (bicyclic) bond motifs is 20. The molecule has 2 nitrogen and oxygen atoms in total. The highest BCUT2D eigenvalue weighted by Gasteiger charge is 2.27. The van der Waals surface area contributed by atoms with E-state index in [0.717, 1.165) is 0 Å². The molecule has 0 N–H and O–H groups in total. The van der Waals surface area contributed by atoms with Gasteiger partial charge in [0.2, 0.25) is 0 Å². The van der Waals surface area contributed by atoms with Crippen LogP contribution >= 0.6 is 22.7 Å². The maximum atomic E-state index is 2.60. The number of aromatic nitrogens is 2. The van der Waals surface area contributed by atoms with Crippen LogP contribution in [0.5, 0.6) is 0 Å². The summed E-state index contributed by atoms with van der Waals surface area (Å²) in [6.07, 6.45) is 0. The Morgan fingerprint density at radius 1 is 0.229 bits per heavy atom. The second kappa shape index (κ2) is 13.6. The van der Waals surface area contributed by atoms with E-state index in [1.54, 1.807) is 0 Å². The fourth-order valence-corrected chi connectivity index (χ4v) is 14.9. The van der Waals surface area contributed by atoms with Crippen molar-refractivity contribution in [2.45, 2.75) is 0 Å². The Bertz CT molecular complexity index is 4730. The van der Waals surface area contributed by atoms with Crippen molar-refractivity contribution in [1.29, 1.82) is 0 Å². The van der Waals surface area contributed by atoms with Crippen molar-refractivity contribution < 1.29 is 0 Å². The molecule has 0 saturated carbocycles. The summed E-state index contributed by atoms with van der Waals surface area (Å²) in [6.45, 7) is 0. The van der Waals surface area contributed by atoms with Crippen molar-refractivity contribution in [3.05, 3.63) is 218 Å². The lowest BCUT2D eigenvalue weighted by Crippen LogP contribution is -1.86. The quantitative estimate of drug-likeness (QED) is 0.166. The first-order chi connectivity index (χ1) is 34.7. The highest BCUT2D eigenvalue weighted by molar-refractivity contribution is 7.26. The molecule has 17 rings (SSSR count). The van der Waals surface area contributed by atoms with Crippen molar-refractivity contribution in [1.82, 2.24) is 8.80 Å². The van der Waals surface area contributed by atoms with Gasteiger partial charge in [0.05, 0.1) is 33.1 Å². The van der Waals surface area contributed by atoms with E-state index in [4.69, 9.17) is 0 Å². The van der Waals surface area contributed by atoms with Gasteiger partial charge in [0.25, 0.3) is 0 Å². The van der Waals surface area contributed by atoms with Gasteiger partial charge >= 0.3 is 0 Å². The minimum atomic E-state index is 1.22. The van der Waals surface area contributed by atoms with Crippen molar-refractivity contribution in [2.24, 2.45) is 0 Å². The largest absolute Gasteiger partial charge is 0.308 e. The molecule has 0 spiro atoms. The van der Waals surface area contributed by atoms with Crippen LogP contribution in [0.25, 0.3) is 161 Å². The fourth-order valence-electron chi connectivity index (χ4n) is 12.7. The highest BCUT2D eigenvalue weighted by Crippen LogP contribution is 2.52. The number of hydrogen-bond donors (Lipinski definition) is 0. The number of rotatable bonds is 4. The van der Waals surface area contributed by atoms with Gasteiger partial charge in [0, 0.05) is 83.4 Å². The zero-order valence-corrected chi connectivity index (χ0v) is 39.1. The molecule has 70 heavy (non-hydrogen) atoms. The summed E-state index contributed by atoms with van der Waals surface area (Å²) in [7, 11) is 0. The molecule has 17 aromatic rings. The molecule has 0 unspecified atom stereocenters. The van der Waals surface area contributed by atoms with Crippen molar-refractivity contribution in [3.63, 3.8) is 0 Å². The topological polar surface area (TPSA) is 8.82 Å². The predicted octanol–water partition coefficient (Wildman–Crippen LogP) is 19.4. The number of benzene rings is 11. The van der Waals surface area contributed by atoms with Gasteiger partial charge in [-0.1, -0.05) is 146 Å². The maximum absolute atomic E-state index is 2.60. The average molecular weight is 921 g/mol. The molecule has 6 aromatic heterocycles. The molecular formula is C66H36N2S2. The van der Waals surface area contributed by atoms with Crippen LogP contribution in [0.3, 0.4) is 0 Å². The number of thiophene rings is 2. The highest BCUT2D eigenvalue weighted by atomic mass is 32.1. The van der Waals surface area contributed by atoms with Crippen LogP contribution in [0.2, 0.25) is 0 Å². The molecule has 0 aliphatic rings. The molecule has 0 amide bonds. The lowest BCUT2D eigenvalue weighted by atomic mass is 9.92. The molecule has 0 aliphatic heterocycles. The van der Waals surface area contributed by atoms with Crippen LogP contribution in [0, 0.1) is 0 Å². The zero-order valence-electron chi connectivity index (χ0n) is 37.5. The molecule has 0 fully saturated rings. The van der Waals surface area contributed by atoms with Crippen LogP contribution in [-0.4, -0.2) is 8.80 Å². The molecule has 0 saturated heterocycles. The van der Waals surface area contributed by atoms with E-state index < -0.39 is 0 Å². The molecule has 322 valence electrons. The van der Waals surface area contributed by atoms with E-state index in [2.05, 4.69) is 227 Å². The van der Waals surface area contributed by atoms with Gasteiger partial charge in [-0.25, -0.2) is 0 Å². The predicted molar refractivity (Wildman–Crippen MR) is 303 cm³/mol. The minimum Gasteiger partial charge on any atom is -0.308 e. The standard InChI is InChI=1S/C66H36N2S2/c1-3-15-37(16-4-1)41-19-7-9-21-43(41)39-31-49-47-35-56-48(36-55(47)67-53-27-29-59-63(61(53)51(33-39)65(49)67)45-23-11-13-25-57(45)69-59)50-32-40(44-22-10-8-20-42(44)38-17-5-2-6-18-38)34-52-62-54(68(56)66(50)52)28-30-60-64(62)46-24-12-14-26-58(46)70-60/h1-36H. The lowest BCUT2D eigenvalue weighted by Gasteiger charge is -2.11. The second-order valence-corrected chi connectivity index (χ2v) is 21.3. The Morgan fingerprint density at radius 2 is 0.600 bits per heavy atom. The lowest BCUT2D eigenvalue weighted by molar-refractivity contribution is 1.36. The van der Waals surface area contributed by atoms with Crippen LogP contribution in [-0.2, 0) is 0 Å². The SMILES string of the molecule is c1ccc(-c2ccccc2-c2cc3c4cc5c(cc4n4c6ccc7sc8ccccc8c7c6c(c2)c34)c2cc(-c3ccccc3-c3ccccc3)cc3c4c6c(ccc4n5c23)sc2ccccc26)cc1. The first-order valence-corrected chi connectivity index (χ1v) is 25.7. The third kappa shape index (κ3) is 4.81. The molecule has 0 radical (unpaired) electrons. The Hall–Kier alpha value is -8.54. The van der Waals surface area contributed by atoms with Gasteiger partial charge in [-0.2, -0.15) is 0 Å². The summed E-state index contributed by atoms with van der Waals surface area (Å²) in [5, 5.41) is 15.7. The molecule has 4 heteroatoms. The first-order valence-electron chi connectivity index (χ1n) is 24.1. The normalized spacial score (nSPS) is 12.6. The molecule has 0 aliphatic carbocycles. The van der Waals surface area contributed by atoms with E-state index in [0.29, 0.717) is 0 Å². The molecule has 0 bridgehead atoms. The average Bonchev–Trinajstić information content (AvgIpc) is 4.27. The number of nitrogens with zero attached hydrogens (tertiary/aromatic N) is 2. The monoisotopic (exact) mass is 920 g/mol. The molecule has 6 heterocycles. The van der Waals surface area contributed by atoms with E-state index in [1.807, 2.05) is 22.7 Å². The first kappa shape index (κ1) is 37.4. The van der Waals surface area contributed by atoms with E-state index in [1.165, 1.54) is 161 Å². The van der Waals surface area contributed by atoms with Gasteiger partial charge in [0.1, 0.15) is 0 Å². The summed E-state index contributed by atoms with van der Waals surface area (Å²) in [5.41, 5.74) is 17.4. The van der Waals surface area contributed by atoms with Gasteiger partial charge in [-0.05, 0) is 117 Å². The molecular weight excluding hydrogens is 885 g/mol. The summed E-state index contributed by atoms with van der Waals surface area (Å²) in [6, 6.07) is 82.2. The smallest absolute Gasteiger partial charge is 0.0621 e. The Morgan fingerprint density at radius 3 is 1.04 bits per heavy atom. The van der Waals surface area contributed by atoms with Gasteiger partial charge in [-0.15, -0.1) is 22.7 Å². The van der Waals surface area contributed by atoms with Crippen LogP contribution in [0.4, 0.5) is 0 Å². The third-order valence-electron chi connectivity index (χ3n) is 15.6. The number of hydrogen-bond acceptors (Lipinski definition) is 2. The van der Waals surface area contributed by atoms with Gasteiger partial charge in [-0.3, -0.25) is 0 Å². The summed E-state index contributed by atoms with van der Waals surface area (Å²) in [5.74, 6) is 0. The van der Waals surface area contributed by atoms with Gasteiger partial charge < -0.3 is 8.80 Å². The van der Waals surface area contributed by atoms with E-state index >= 15 is 0 Å². The second-order valence-electron chi connectivity index (χ2n) is 19.1. The summed E-state index contributed by atoms with van der Waals surface area (Å²) < 4.78 is 10.5. The molecule has 0 atom stereocenters. The van der Waals surface area contributed by atoms with Crippen LogP contribution in [0.1, 0.15) is 0 Å². The van der Waals surface area contributed by atoms with Crippen LogP contribution < -0.4 is 0 Å². The van der Waals surface area contributed by atoms with E-state index in [9.17, 15) is 0 Å². The van der Waals surface area contributed by atoms with Crippen molar-refractivity contribution in [2.75, 3.05) is 0 Å². The zero-order chi connectivity index (χ0) is 45.3. The minimum absolute atomic E-state index is 1.22. The maximum Gasteiger partial charge on any atom is 0.0621 e. The van der Waals surface area contributed by atoms with Gasteiger partial charge in [0.15, 0.2) is 0 Å². The Labute approximate surface area is 408 Å².